The number of amides is 1. The number of hydrogen-bond acceptors (Lipinski definition) is 2. The van der Waals surface area contributed by atoms with Crippen molar-refractivity contribution in [3.63, 3.8) is 0 Å². The number of aromatic hydroxyl groups is 1. The van der Waals surface area contributed by atoms with Crippen LogP contribution in [-0.4, -0.2) is 17.6 Å². The molecule has 0 aromatic heterocycles. The predicted octanol–water partition coefficient (Wildman–Crippen LogP) is 3.50. The molecule has 5 heteroatoms. The van der Waals surface area contributed by atoms with Gasteiger partial charge < -0.3 is 10.4 Å². The van der Waals surface area contributed by atoms with Crippen LogP contribution in [0.25, 0.3) is 0 Å². The Morgan fingerprint density at radius 2 is 1.90 bits per heavy atom. The highest BCUT2D eigenvalue weighted by Crippen LogP contribution is 2.13. The van der Waals surface area contributed by atoms with E-state index in [1.54, 1.807) is 24.3 Å². The van der Waals surface area contributed by atoms with Crippen molar-refractivity contribution in [1.82, 2.24) is 5.32 Å². The highest BCUT2D eigenvalue weighted by atomic mass is 127. The lowest BCUT2D eigenvalue weighted by atomic mass is 10.1. The van der Waals surface area contributed by atoms with E-state index < -0.39 is 0 Å². The maximum absolute atomic E-state index is 13.4. The minimum absolute atomic E-state index is 0.243. The molecule has 0 radical (unpaired) electrons. The third kappa shape index (κ3) is 4.70. The number of phenols is 1. The molecule has 110 valence electrons. The molecule has 2 aromatic rings. The van der Waals surface area contributed by atoms with Gasteiger partial charge in [0.1, 0.15) is 11.6 Å². The fraction of sp³-hybridized carbons (Fsp3) is 0.188. The molecule has 0 aliphatic carbocycles. The highest BCUT2D eigenvalue weighted by molar-refractivity contribution is 14.1. The van der Waals surface area contributed by atoms with Crippen molar-refractivity contribution in [2.75, 3.05) is 6.54 Å². The first-order valence-corrected chi connectivity index (χ1v) is 7.65. The first-order valence-electron chi connectivity index (χ1n) is 6.57. The minimum atomic E-state index is -0.382. The summed E-state index contributed by atoms with van der Waals surface area (Å²) in [5, 5.41) is 12.0. The van der Waals surface area contributed by atoms with E-state index in [1.165, 1.54) is 6.07 Å². The van der Waals surface area contributed by atoms with Crippen molar-refractivity contribution in [2.45, 2.75) is 12.8 Å². The second-order valence-electron chi connectivity index (χ2n) is 4.65. The number of halogens is 2. The molecular weight excluding hydrogens is 384 g/mol. The van der Waals surface area contributed by atoms with E-state index in [1.807, 2.05) is 34.7 Å². The highest BCUT2D eigenvalue weighted by Gasteiger charge is 2.07. The van der Waals surface area contributed by atoms with Gasteiger partial charge in [-0.05, 0) is 71.3 Å². The Kier molecular flexibility index (Phi) is 5.55. The van der Waals surface area contributed by atoms with Gasteiger partial charge in [-0.3, -0.25) is 4.79 Å². The normalized spacial score (nSPS) is 10.4. The predicted molar refractivity (Wildman–Crippen MR) is 87.9 cm³/mol. The molecule has 0 atom stereocenters. The summed E-state index contributed by atoms with van der Waals surface area (Å²) in [7, 11) is 0. The number of carbonyl (C=O) groups excluding carboxylic acids is 1. The molecule has 0 fully saturated rings. The van der Waals surface area contributed by atoms with Gasteiger partial charge in [0.2, 0.25) is 0 Å². The van der Waals surface area contributed by atoms with Crippen LogP contribution >= 0.6 is 22.6 Å². The van der Waals surface area contributed by atoms with Crippen molar-refractivity contribution in [3.8, 4) is 5.75 Å². The summed E-state index contributed by atoms with van der Waals surface area (Å²) in [6.07, 6.45) is 1.59. The molecule has 0 bridgehead atoms. The zero-order valence-corrected chi connectivity index (χ0v) is 13.4. The topological polar surface area (TPSA) is 49.3 Å². The monoisotopic (exact) mass is 399 g/mol. The molecule has 2 N–H and O–H groups in total. The Morgan fingerprint density at radius 1 is 1.19 bits per heavy atom. The van der Waals surface area contributed by atoms with Crippen molar-refractivity contribution in [3.05, 3.63) is 63.0 Å². The fourth-order valence-corrected chi connectivity index (χ4v) is 2.23. The molecule has 0 unspecified atom stereocenters. The lowest BCUT2D eigenvalue weighted by Crippen LogP contribution is -2.24. The van der Waals surface area contributed by atoms with E-state index >= 15 is 0 Å². The molecule has 1 amide bonds. The van der Waals surface area contributed by atoms with Crippen LogP contribution in [0, 0.1) is 9.39 Å². The second-order valence-corrected chi connectivity index (χ2v) is 5.82. The van der Waals surface area contributed by atoms with Gasteiger partial charge >= 0.3 is 0 Å². The molecule has 0 spiro atoms. The Labute approximate surface area is 136 Å². The Morgan fingerprint density at radius 3 is 2.57 bits per heavy atom. The summed E-state index contributed by atoms with van der Waals surface area (Å²) in [5.74, 6) is -0.406. The van der Waals surface area contributed by atoms with Gasteiger partial charge in [0.15, 0.2) is 0 Å². The fourth-order valence-electron chi connectivity index (χ4n) is 1.90. The van der Waals surface area contributed by atoms with E-state index in [2.05, 4.69) is 5.32 Å². The minimum Gasteiger partial charge on any atom is -0.508 e. The Bertz CT molecular complexity index is 629. The smallest absolute Gasteiger partial charge is 0.251 e. The van der Waals surface area contributed by atoms with Crippen LogP contribution < -0.4 is 5.32 Å². The van der Waals surface area contributed by atoms with Crippen LogP contribution in [0.4, 0.5) is 4.39 Å². The molecule has 0 aliphatic rings. The third-order valence-corrected chi connectivity index (χ3v) is 3.92. The Hall–Kier alpha value is -1.63. The van der Waals surface area contributed by atoms with E-state index in [4.69, 9.17) is 0 Å². The van der Waals surface area contributed by atoms with E-state index in [0.717, 1.165) is 18.4 Å². The summed E-state index contributed by atoms with van der Waals surface area (Å²) in [6, 6.07) is 11.4. The van der Waals surface area contributed by atoms with Crippen molar-refractivity contribution >= 4 is 28.5 Å². The molecule has 2 aromatic carbocycles. The van der Waals surface area contributed by atoms with Gasteiger partial charge in [-0.2, -0.15) is 0 Å². The number of nitrogens with one attached hydrogen (secondary N) is 1. The van der Waals surface area contributed by atoms with Gasteiger partial charge in [0, 0.05) is 15.7 Å². The van der Waals surface area contributed by atoms with E-state index in [0.29, 0.717) is 15.7 Å². The Balaban J connectivity index is 1.79. The molecule has 0 saturated heterocycles. The molecule has 0 saturated carbocycles. The standard InChI is InChI=1S/C16H15FINO2/c17-14-10-12(5-8-15(14)18)16(21)19-9-1-2-11-3-6-13(20)7-4-11/h3-8,10,20H,1-2,9H2,(H,19,21). The van der Waals surface area contributed by atoms with Crippen LogP contribution in [-0.2, 0) is 6.42 Å². The lowest BCUT2D eigenvalue weighted by molar-refractivity contribution is 0.0952. The number of aryl methyl sites for hydroxylation is 1. The van der Waals surface area contributed by atoms with Crippen LogP contribution in [0.15, 0.2) is 42.5 Å². The quantitative estimate of drug-likeness (QED) is 0.598. The van der Waals surface area contributed by atoms with Gasteiger partial charge in [0.25, 0.3) is 5.91 Å². The third-order valence-electron chi connectivity index (χ3n) is 3.05. The number of phenolic OH excluding ortho intramolecular Hbond substituents is 1. The van der Waals surface area contributed by atoms with Gasteiger partial charge in [-0.25, -0.2) is 4.39 Å². The summed E-state index contributed by atoms with van der Waals surface area (Å²) >= 11 is 1.88. The van der Waals surface area contributed by atoms with Crippen LogP contribution in [0.5, 0.6) is 5.75 Å². The summed E-state index contributed by atoms with van der Waals surface area (Å²) in [5.41, 5.74) is 1.43. The van der Waals surface area contributed by atoms with E-state index in [9.17, 15) is 14.3 Å². The van der Waals surface area contributed by atoms with Gasteiger partial charge in [-0.15, -0.1) is 0 Å². The largest absolute Gasteiger partial charge is 0.508 e. The number of carbonyl (C=O) groups is 1. The number of benzene rings is 2. The van der Waals surface area contributed by atoms with Gasteiger partial charge in [0.05, 0.1) is 0 Å². The average molecular weight is 399 g/mol. The zero-order valence-electron chi connectivity index (χ0n) is 11.3. The first-order chi connectivity index (χ1) is 10.1. The number of hydrogen-bond donors (Lipinski definition) is 2. The lowest BCUT2D eigenvalue weighted by Gasteiger charge is -2.06. The van der Waals surface area contributed by atoms with Crippen molar-refractivity contribution in [2.24, 2.45) is 0 Å². The van der Waals surface area contributed by atoms with E-state index in [-0.39, 0.29) is 17.5 Å². The number of rotatable bonds is 5. The second kappa shape index (κ2) is 7.40. The molecule has 2 rings (SSSR count). The van der Waals surface area contributed by atoms with Crippen LogP contribution in [0.2, 0.25) is 0 Å². The summed E-state index contributed by atoms with van der Waals surface area (Å²) in [4.78, 5) is 11.9. The molecular formula is C16H15FINO2. The van der Waals surface area contributed by atoms with Crippen LogP contribution in [0.1, 0.15) is 22.3 Å². The average Bonchev–Trinajstić information content (AvgIpc) is 2.48. The van der Waals surface area contributed by atoms with Crippen LogP contribution in [0.3, 0.4) is 0 Å². The van der Waals surface area contributed by atoms with Crippen molar-refractivity contribution < 1.29 is 14.3 Å². The first kappa shape index (κ1) is 15.8. The maximum atomic E-state index is 13.4. The SMILES string of the molecule is O=C(NCCCc1ccc(O)cc1)c1ccc(I)c(F)c1. The maximum Gasteiger partial charge on any atom is 0.251 e. The van der Waals surface area contributed by atoms with Crippen molar-refractivity contribution in [1.29, 1.82) is 0 Å². The van der Waals surface area contributed by atoms with Gasteiger partial charge in [-0.1, -0.05) is 12.1 Å². The molecule has 0 heterocycles. The molecule has 21 heavy (non-hydrogen) atoms. The zero-order chi connectivity index (χ0) is 15.2. The summed E-state index contributed by atoms with van der Waals surface area (Å²) in [6.45, 7) is 0.521. The molecule has 0 aliphatic heterocycles. The molecule has 3 nitrogen and oxygen atoms in total. The summed E-state index contributed by atoms with van der Waals surface area (Å²) < 4.78 is 13.9.